The molecule has 0 aromatic heterocycles. The lowest BCUT2D eigenvalue weighted by Gasteiger charge is -2.27. The molecule has 2 heteroatoms. The Morgan fingerprint density at radius 2 is 1.20 bits per heavy atom. The summed E-state index contributed by atoms with van der Waals surface area (Å²) in [7, 11) is 0. The molecule has 1 unspecified atom stereocenters. The Balaban J connectivity index is 2.78. The standard InChI is InChI=1S/C23H30O2/c1-13(2)8-16(5)21(19-11-14(3)9-17(6)22(19)24)20-12-15(4)10-18(7)23(20)25/h8-12,16,21,24-25H,1-7H3. The number of aromatic hydroxyl groups is 2. The molecule has 2 N–H and O–H groups in total. The molecule has 0 bridgehead atoms. The predicted molar refractivity (Wildman–Crippen MR) is 106 cm³/mol. The molecule has 0 heterocycles. The van der Waals surface area contributed by atoms with Crippen molar-refractivity contribution in [1.82, 2.24) is 0 Å². The lowest BCUT2D eigenvalue weighted by Crippen LogP contribution is -2.12. The van der Waals surface area contributed by atoms with Gasteiger partial charge in [0.25, 0.3) is 0 Å². The van der Waals surface area contributed by atoms with Crippen LogP contribution in [0.25, 0.3) is 0 Å². The van der Waals surface area contributed by atoms with E-state index in [1.165, 1.54) is 5.57 Å². The number of benzene rings is 2. The maximum absolute atomic E-state index is 10.8. The molecule has 0 saturated heterocycles. The van der Waals surface area contributed by atoms with Gasteiger partial charge in [0.05, 0.1) is 0 Å². The Bertz CT molecular complexity index is 754. The molecule has 0 aliphatic carbocycles. The summed E-state index contributed by atoms with van der Waals surface area (Å²) in [5, 5.41) is 21.5. The van der Waals surface area contributed by atoms with Gasteiger partial charge in [0.2, 0.25) is 0 Å². The van der Waals surface area contributed by atoms with Gasteiger partial charge in [-0.25, -0.2) is 0 Å². The summed E-state index contributed by atoms with van der Waals surface area (Å²) in [5.41, 5.74) is 6.95. The summed E-state index contributed by atoms with van der Waals surface area (Å²) >= 11 is 0. The molecule has 2 nitrogen and oxygen atoms in total. The predicted octanol–water partition coefficient (Wildman–Crippen LogP) is 6.07. The second kappa shape index (κ2) is 7.35. The number of allylic oxidation sites excluding steroid dienone is 2. The van der Waals surface area contributed by atoms with Crippen LogP contribution in [-0.4, -0.2) is 10.2 Å². The Hall–Kier alpha value is -2.22. The van der Waals surface area contributed by atoms with Gasteiger partial charge in [-0.05, 0) is 58.6 Å². The first-order valence-corrected chi connectivity index (χ1v) is 8.87. The SMILES string of the molecule is CC(C)=CC(C)C(c1cc(C)cc(C)c1O)c1cc(C)cc(C)c1O. The molecule has 0 aliphatic rings. The van der Waals surface area contributed by atoms with Gasteiger partial charge in [-0.3, -0.25) is 0 Å². The zero-order chi connectivity index (χ0) is 18.9. The maximum atomic E-state index is 10.8. The highest BCUT2D eigenvalue weighted by atomic mass is 16.3. The van der Waals surface area contributed by atoms with Crippen LogP contribution in [0.5, 0.6) is 11.5 Å². The monoisotopic (exact) mass is 338 g/mol. The molecule has 2 rings (SSSR count). The molecule has 134 valence electrons. The number of hydrogen-bond donors (Lipinski definition) is 2. The molecule has 0 saturated carbocycles. The normalized spacial score (nSPS) is 12.3. The van der Waals surface area contributed by atoms with E-state index in [2.05, 4.69) is 26.8 Å². The van der Waals surface area contributed by atoms with Crippen molar-refractivity contribution in [2.45, 2.75) is 54.4 Å². The van der Waals surface area contributed by atoms with E-state index in [4.69, 9.17) is 0 Å². The Labute approximate surface area is 151 Å². The van der Waals surface area contributed by atoms with E-state index in [1.807, 2.05) is 52.0 Å². The van der Waals surface area contributed by atoms with Crippen molar-refractivity contribution in [3.63, 3.8) is 0 Å². The Kier molecular flexibility index (Phi) is 5.62. The minimum absolute atomic E-state index is 0.105. The largest absolute Gasteiger partial charge is 0.507 e. The zero-order valence-corrected chi connectivity index (χ0v) is 16.4. The fraction of sp³-hybridized carbons (Fsp3) is 0.391. The van der Waals surface area contributed by atoms with Crippen molar-refractivity contribution < 1.29 is 10.2 Å². The van der Waals surface area contributed by atoms with Crippen molar-refractivity contribution in [3.05, 3.63) is 69.3 Å². The summed E-state index contributed by atoms with van der Waals surface area (Å²) in [6.07, 6.45) is 2.21. The third kappa shape index (κ3) is 4.07. The van der Waals surface area contributed by atoms with Gasteiger partial charge in [-0.15, -0.1) is 0 Å². The average molecular weight is 338 g/mol. The van der Waals surface area contributed by atoms with Crippen molar-refractivity contribution in [2.24, 2.45) is 5.92 Å². The van der Waals surface area contributed by atoms with Gasteiger partial charge >= 0.3 is 0 Å². The highest BCUT2D eigenvalue weighted by Gasteiger charge is 2.27. The number of phenols is 2. The fourth-order valence-corrected chi connectivity index (χ4v) is 3.82. The quantitative estimate of drug-likeness (QED) is 0.665. The number of aryl methyl sites for hydroxylation is 4. The Morgan fingerprint density at radius 3 is 1.56 bits per heavy atom. The third-order valence-electron chi connectivity index (χ3n) is 4.74. The van der Waals surface area contributed by atoms with Crippen LogP contribution in [-0.2, 0) is 0 Å². The molecule has 0 aliphatic heterocycles. The van der Waals surface area contributed by atoms with Crippen LogP contribution in [0.1, 0.15) is 60.1 Å². The fourth-order valence-electron chi connectivity index (χ4n) is 3.82. The molecule has 25 heavy (non-hydrogen) atoms. The van der Waals surface area contributed by atoms with Gasteiger partial charge < -0.3 is 10.2 Å². The first-order valence-electron chi connectivity index (χ1n) is 8.87. The zero-order valence-electron chi connectivity index (χ0n) is 16.4. The van der Waals surface area contributed by atoms with Gasteiger partial charge in [-0.1, -0.05) is 54.0 Å². The minimum atomic E-state index is -0.105. The molecule has 2 aromatic rings. The summed E-state index contributed by atoms with van der Waals surface area (Å²) in [6, 6.07) is 8.06. The highest BCUT2D eigenvalue weighted by Crippen LogP contribution is 2.44. The van der Waals surface area contributed by atoms with Crippen LogP contribution in [0.3, 0.4) is 0 Å². The summed E-state index contributed by atoms with van der Waals surface area (Å²) < 4.78 is 0. The van der Waals surface area contributed by atoms with E-state index in [-0.39, 0.29) is 11.8 Å². The molecule has 1 atom stereocenters. The summed E-state index contributed by atoms with van der Waals surface area (Å²) in [4.78, 5) is 0. The van der Waals surface area contributed by atoms with Crippen LogP contribution in [0, 0.1) is 33.6 Å². The highest BCUT2D eigenvalue weighted by molar-refractivity contribution is 5.54. The summed E-state index contributed by atoms with van der Waals surface area (Å²) in [5.74, 6) is 0.683. The molecule has 0 fully saturated rings. The van der Waals surface area contributed by atoms with Crippen LogP contribution in [0.2, 0.25) is 0 Å². The van der Waals surface area contributed by atoms with Crippen molar-refractivity contribution >= 4 is 0 Å². The third-order valence-corrected chi connectivity index (χ3v) is 4.74. The van der Waals surface area contributed by atoms with E-state index in [0.29, 0.717) is 11.5 Å². The average Bonchev–Trinajstić information content (AvgIpc) is 2.48. The maximum Gasteiger partial charge on any atom is 0.122 e. The molecule has 0 spiro atoms. The van der Waals surface area contributed by atoms with Crippen LogP contribution in [0.4, 0.5) is 0 Å². The van der Waals surface area contributed by atoms with Gasteiger partial charge in [-0.2, -0.15) is 0 Å². The minimum Gasteiger partial charge on any atom is -0.507 e. The van der Waals surface area contributed by atoms with Gasteiger partial charge in [0.15, 0.2) is 0 Å². The molecular weight excluding hydrogens is 308 g/mol. The molecular formula is C23H30O2. The van der Waals surface area contributed by atoms with Gasteiger partial charge in [0.1, 0.15) is 11.5 Å². The van der Waals surface area contributed by atoms with Gasteiger partial charge in [0, 0.05) is 17.0 Å². The number of rotatable bonds is 4. The van der Waals surface area contributed by atoms with Crippen molar-refractivity contribution in [3.8, 4) is 11.5 Å². The molecule has 0 amide bonds. The lowest BCUT2D eigenvalue weighted by atomic mass is 9.78. The molecule has 0 radical (unpaired) electrons. The van der Waals surface area contributed by atoms with Crippen LogP contribution < -0.4 is 0 Å². The number of phenolic OH excluding ortho intramolecular Hbond substituents is 2. The van der Waals surface area contributed by atoms with Crippen LogP contribution in [0.15, 0.2) is 35.9 Å². The second-order valence-electron chi connectivity index (χ2n) is 7.62. The second-order valence-corrected chi connectivity index (χ2v) is 7.62. The van der Waals surface area contributed by atoms with Crippen molar-refractivity contribution in [2.75, 3.05) is 0 Å². The van der Waals surface area contributed by atoms with E-state index in [0.717, 1.165) is 33.4 Å². The van der Waals surface area contributed by atoms with Crippen LogP contribution >= 0.6 is 0 Å². The number of hydrogen-bond acceptors (Lipinski definition) is 2. The first-order chi connectivity index (χ1) is 11.6. The Morgan fingerprint density at radius 1 is 0.800 bits per heavy atom. The van der Waals surface area contributed by atoms with E-state index < -0.39 is 0 Å². The van der Waals surface area contributed by atoms with E-state index in [9.17, 15) is 10.2 Å². The smallest absolute Gasteiger partial charge is 0.122 e. The topological polar surface area (TPSA) is 40.5 Å². The van der Waals surface area contributed by atoms with E-state index in [1.54, 1.807) is 0 Å². The summed E-state index contributed by atoms with van der Waals surface area (Å²) in [6.45, 7) is 14.2. The first kappa shape index (κ1) is 19.1. The molecule has 2 aromatic carbocycles. The van der Waals surface area contributed by atoms with Crippen molar-refractivity contribution in [1.29, 1.82) is 0 Å². The lowest BCUT2D eigenvalue weighted by molar-refractivity contribution is 0.438. The van der Waals surface area contributed by atoms with E-state index >= 15 is 0 Å².